The maximum absolute atomic E-state index is 11.0. The molecule has 1 unspecified atom stereocenters. The Labute approximate surface area is 74.9 Å². The average molecular weight is 183 g/mol. The zero-order valence-corrected chi connectivity index (χ0v) is 7.15. The van der Waals surface area contributed by atoms with Crippen molar-refractivity contribution < 1.29 is 19.1 Å². The highest BCUT2D eigenvalue weighted by Gasteiger charge is 2.44. The maximum Gasteiger partial charge on any atom is 0.332 e. The monoisotopic (exact) mass is 183 g/mol. The average Bonchev–Trinajstić information content (AvgIpc) is 2.41. The fourth-order valence-corrected chi connectivity index (χ4v) is 1.42. The Morgan fingerprint density at radius 2 is 2.54 bits per heavy atom. The highest BCUT2D eigenvalue weighted by Crippen LogP contribution is 2.31. The molecule has 2 fully saturated rings. The number of fused-ring (bicyclic) bond motifs is 1. The van der Waals surface area contributed by atoms with E-state index >= 15 is 0 Å². The summed E-state index contributed by atoms with van der Waals surface area (Å²) in [6, 6.07) is 0. The largest absolute Gasteiger partial charge is 0.466 e. The highest BCUT2D eigenvalue weighted by atomic mass is 16.5. The first-order chi connectivity index (χ1) is 6.22. The van der Waals surface area contributed by atoms with Crippen LogP contribution in [-0.2, 0) is 19.1 Å². The SMILES string of the molecule is COC(=O)/C=C1\COC2CC(=O)N12. The number of nitrogens with zero attached hydrogens (tertiary/aromatic N) is 1. The van der Waals surface area contributed by atoms with Gasteiger partial charge in [0.1, 0.15) is 6.23 Å². The molecule has 0 aliphatic carbocycles. The van der Waals surface area contributed by atoms with E-state index in [0.717, 1.165) is 0 Å². The van der Waals surface area contributed by atoms with E-state index in [2.05, 4.69) is 4.74 Å². The normalized spacial score (nSPS) is 28.7. The maximum atomic E-state index is 11.0. The molecule has 1 atom stereocenters. The van der Waals surface area contributed by atoms with E-state index in [4.69, 9.17) is 4.74 Å². The van der Waals surface area contributed by atoms with Gasteiger partial charge in [-0.25, -0.2) is 4.79 Å². The molecule has 2 saturated heterocycles. The van der Waals surface area contributed by atoms with Crippen molar-refractivity contribution in [3.63, 3.8) is 0 Å². The molecule has 2 aliphatic rings. The molecule has 2 aliphatic heterocycles. The number of carbonyl (C=O) groups excluding carboxylic acids is 2. The van der Waals surface area contributed by atoms with Gasteiger partial charge in [0.15, 0.2) is 0 Å². The zero-order valence-electron chi connectivity index (χ0n) is 7.15. The fourth-order valence-electron chi connectivity index (χ4n) is 1.42. The lowest BCUT2D eigenvalue weighted by molar-refractivity contribution is -0.153. The van der Waals surface area contributed by atoms with Gasteiger partial charge in [-0.15, -0.1) is 0 Å². The lowest BCUT2D eigenvalue weighted by atomic mass is 10.1. The van der Waals surface area contributed by atoms with Crippen LogP contribution in [0.3, 0.4) is 0 Å². The molecule has 0 saturated carbocycles. The van der Waals surface area contributed by atoms with Crippen LogP contribution in [0.4, 0.5) is 0 Å². The van der Waals surface area contributed by atoms with Crippen molar-refractivity contribution in [1.82, 2.24) is 4.90 Å². The first kappa shape index (κ1) is 8.25. The summed E-state index contributed by atoms with van der Waals surface area (Å²) in [6.45, 7) is 0.311. The van der Waals surface area contributed by atoms with Crippen LogP contribution in [0.5, 0.6) is 0 Å². The summed E-state index contributed by atoms with van der Waals surface area (Å²) < 4.78 is 9.66. The van der Waals surface area contributed by atoms with Crippen molar-refractivity contribution in [2.75, 3.05) is 13.7 Å². The highest BCUT2D eigenvalue weighted by molar-refractivity contribution is 5.88. The lowest BCUT2D eigenvalue weighted by Gasteiger charge is -2.32. The minimum atomic E-state index is -0.459. The van der Waals surface area contributed by atoms with Gasteiger partial charge in [0, 0.05) is 6.08 Å². The Hall–Kier alpha value is -1.36. The van der Waals surface area contributed by atoms with Crippen LogP contribution in [0, 0.1) is 0 Å². The van der Waals surface area contributed by atoms with Crippen LogP contribution in [0.1, 0.15) is 6.42 Å². The molecule has 2 heterocycles. The van der Waals surface area contributed by atoms with Gasteiger partial charge in [-0.05, 0) is 0 Å². The Morgan fingerprint density at radius 1 is 1.77 bits per heavy atom. The van der Waals surface area contributed by atoms with Gasteiger partial charge in [-0.2, -0.15) is 0 Å². The van der Waals surface area contributed by atoms with Gasteiger partial charge in [0.25, 0.3) is 0 Å². The zero-order chi connectivity index (χ0) is 9.42. The molecular formula is C8H9NO4. The standard InChI is InChI=1S/C8H9NO4/c1-12-8(11)2-5-4-13-7-3-6(10)9(5)7/h2,7H,3-4H2,1H3/b5-2+. The van der Waals surface area contributed by atoms with Gasteiger partial charge < -0.3 is 9.47 Å². The quantitative estimate of drug-likeness (QED) is 0.316. The summed E-state index contributed by atoms with van der Waals surface area (Å²) in [4.78, 5) is 23.4. The number of amides is 1. The smallest absolute Gasteiger partial charge is 0.332 e. The topological polar surface area (TPSA) is 55.8 Å². The van der Waals surface area contributed by atoms with Gasteiger partial charge in [-0.1, -0.05) is 0 Å². The Morgan fingerprint density at radius 3 is 3.15 bits per heavy atom. The number of rotatable bonds is 1. The number of β-lactam (4-membered cyclic amide) rings is 1. The van der Waals surface area contributed by atoms with Gasteiger partial charge in [0.05, 0.1) is 25.8 Å². The van der Waals surface area contributed by atoms with Crippen molar-refractivity contribution >= 4 is 11.9 Å². The third kappa shape index (κ3) is 1.21. The fraction of sp³-hybridized carbons (Fsp3) is 0.500. The van der Waals surface area contributed by atoms with Crippen LogP contribution in [0.25, 0.3) is 0 Å². The van der Waals surface area contributed by atoms with Crippen molar-refractivity contribution in [3.05, 3.63) is 11.8 Å². The minimum absolute atomic E-state index is 0.00217. The third-order valence-electron chi connectivity index (χ3n) is 2.12. The summed E-state index contributed by atoms with van der Waals surface area (Å²) in [5.41, 5.74) is 0.591. The van der Waals surface area contributed by atoms with Gasteiger partial charge in [-0.3, -0.25) is 9.69 Å². The molecule has 1 amide bonds. The molecule has 70 valence electrons. The second kappa shape index (κ2) is 2.85. The third-order valence-corrected chi connectivity index (χ3v) is 2.12. The van der Waals surface area contributed by atoms with Crippen molar-refractivity contribution in [2.45, 2.75) is 12.6 Å². The molecule has 5 nitrogen and oxygen atoms in total. The van der Waals surface area contributed by atoms with E-state index in [9.17, 15) is 9.59 Å². The van der Waals surface area contributed by atoms with Gasteiger partial charge in [0.2, 0.25) is 5.91 Å². The molecule has 0 aromatic rings. The molecule has 2 rings (SSSR count). The van der Waals surface area contributed by atoms with Crippen LogP contribution in [0.2, 0.25) is 0 Å². The number of ether oxygens (including phenoxy) is 2. The van der Waals surface area contributed by atoms with Crippen molar-refractivity contribution in [3.8, 4) is 0 Å². The predicted octanol–water partition coefficient (Wildman–Crippen LogP) is -0.368. The van der Waals surface area contributed by atoms with Crippen LogP contribution >= 0.6 is 0 Å². The van der Waals surface area contributed by atoms with E-state index in [1.165, 1.54) is 18.1 Å². The summed E-state index contributed by atoms with van der Waals surface area (Å²) in [6.07, 6.45) is 1.55. The van der Waals surface area contributed by atoms with Gasteiger partial charge >= 0.3 is 5.97 Å². The first-order valence-corrected chi connectivity index (χ1v) is 3.94. The minimum Gasteiger partial charge on any atom is -0.466 e. The van der Waals surface area contributed by atoms with Crippen molar-refractivity contribution in [1.29, 1.82) is 0 Å². The summed E-state index contributed by atoms with van der Waals surface area (Å²) in [5, 5.41) is 0. The number of esters is 1. The van der Waals surface area contributed by atoms with Crippen molar-refractivity contribution in [2.24, 2.45) is 0 Å². The van der Waals surface area contributed by atoms with E-state index < -0.39 is 5.97 Å². The lowest BCUT2D eigenvalue weighted by Crippen LogP contribution is -2.47. The second-order valence-corrected chi connectivity index (χ2v) is 2.89. The molecule has 0 bridgehead atoms. The van der Waals surface area contributed by atoms with E-state index in [0.29, 0.717) is 18.7 Å². The van der Waals surface area contributed by atoms with E-state index in [-0.39, 0.29) is 12.1 Å². The number of hydrogen-bond acceptors (Lipinski definition) is 4. The molecule has 0 aromatic heterocycles. The van der Waals surface area contributed by atoms with Crippen LogP contribution in [0.15, 0.2) is 11.8 Å². The second-order valence-electron chi connectivity index (χ2n) is 2.89. The summed E-state index contributed by atoms with van der Waals surface area (Å²) in [5.74, 6) is -0.461. The van der Waals surface area contributed by atoms with Crippen LogP contribution < -0.4 is 0 Å². The van der Waals surface area contributed by atoms with E-state index in [1.54, 1.807) is 0 Å². The molecule has 0 aromatic carbocycles. The summed E-state index contributed by atoms with van der Waals surface area (Å²) in [7, 11) is 1.30. The Kier molecular flexibility index (Phi) is 1.81. The molecule has 0 radical (unpaired) electrons. The first-order valence-electron chi connectivity index (χ1n) is 3.94. The number of hydrogen-bond donors (Lipinski definition) is 0. The Bertz CT molecular complexity index is 297. The molecular weight excluding hydrogens is 174 g/mol. The number of methoxy groups -OCH3 is 1. The predicted molar refractivity (Wildman–Crippen MR) is 41.3 cm³/mol. The molecule has 5 heteroatoms. The molecule has 0 N–H and O–H groups in total. The molecule has 0 spiro atoms. The molecule has 13 heavy (non-hydrogen) atoms. The summed E-state index contributed by atoms with van der Waals surface area (Å²) >= 11 is 0. The van der Waals surface area contributed by atoms with Crippen LogP contribution in [-0.4, -0.2) is 36.7 Å². The Balaban J connectivity index is 2.12. The van der Waals surface area contributed by atoms with E-state index in [1.807, 2.05) is 0 Å². The number of carbonyl (C=O) groups is 2.